The second kappa shape index (κ2) is 6.11. The first-order valence-corrected chi connectivity index (χ1v) is 5.15. The third kappa shape index (κ3) is 2.48. The van der Waals surface area contributed by atoms with Crippen LogP contribution in [0.4, 0.5) is 0 Å². The Bertz CT molecular complexity index is 429. The Morgan fingerprint density at radius 2 is 1.67 bits per heavy atom. The lowest BCUT2D eigenvalue weighted by molar-refractivity contribution is -0.149. The molecule has 1 atom stereocenters. The number of ether oxygens (including phenoxy) is 4. The smallest absolute Gasteiger partial charge is 0.337 e. The van der Waals surface area contributed by atoms with E-state index in [9.17, 15) is 4.79 Å². The van der Waals surface area contributed by atoms with Gasteiger partial charge in [-0.25, -0.2) is 4.79 Å². The number of carboxylic acid groups (broad SMARTS) is 1. The van der Waals surface area contributed by atoms with Crippen molar-refractivity contribution in [3.05, 3.63) is 17.7 Å². The molecule has 0 bridgehead atoms. The molecule has 0 fully saturated rings. The molecule has 0 unspecified atom stereocenters. The lowest BCUT2D eigenvalue weighted by atomic mass is 10.1. The number of hydrogen-bond acceptors (Lipinski definition) is 5. The average Bonchev–Trinajstić information content (AvgIpc) is 2.38. The van der Waals surface area contributed by atoms with E-state index in [1.54, 1.807) is 12.1 Å². The maximum atomic E-state index is 11.1. The molecule has 0 amide bonds. The van der Waals surface area contributed by atoms with Gasteiger partial charge >= 0.3 is 5.97 Å². The lowest BCUT2D eigenvalue weighted by Gasteiger charge is -2.18. The van der Waals surface area contributed by atoms with E-state index < -0.39 is 12.1 Å². The number of rotatable bonds is 6. The Balaban J connectivity index is 3.40. The average molecular weight is 256 g/mol. The molecule has 0 heterocycles. The van der Waals surface area contributed by atoms with E-state index in [1.807, 2.05) is 0 Å². The van der Waals surface area contributed by atoms with E-state index >= 15 is 0 Å². The van der Waals surface area contributed by atoms with Crippen molar-refractivity contribution >= 4 is 5.97 Å². The zero-order chi connectivity index (χ0) is 13.7. The molecule has 6 nitrogen and oxygen atoms in total. The number of aliphatic carboxylic acids is 1. The standard InChI is InChI=1S/C12H16O6/c1-15-8-6-5-7(10(17-3)12(13)14)9(16-2)11(8)18-4/h5-6,10H,1-4H3,(H,13,14)/t10-/m1/s1. The van der Waals surface area contributed by atoms with Gasteiger partial charge in [0.05, 0.1) is 21.3 Å². The van der Waals surface area contributed by atoms with Crippen molar-refractivity contribution in [2.45, 2.75) is 6.10 Å². The molecule has 0 saturated carbocycles. The van der Waals surface area contributed by atoms with Crippen LogP contribution in [0.25, 0.3) is 0 Å². The topological polar surface area (TPSA) is 74.2 Å². The molecule has 1 N–H and O–H groups in total. The third-order valence-electron chi connectivity index (χ3n) is 2.48. The van der Waals surface area contributed by atoms with Crippen molar-refractivity contribution in [2.75, 3.05) is 28.4 Å². The predicted octanol–water partition coefficient (Wildman–Crippen LogP) is 1.48. The number of carbonyl (C=O) groups is 1. The number of methoxy groups -OCH3 is 4. The minimum Gasteiger partial charge on any atom is -0.493 e. The van der Waals surface area contributed by atoms with Gasteiger partial charge in [-0.2, -0.15) is 0 Å². The van der Waals surface area contributed by atoms with Gasteiger partial charge in [0.2, 0.25) is 5.75 Å². The van der Waals surface area contributed by atoms with Crippen molar-refractivity contribution in [3.8, 4) is 17.2 Å². The third-order valence-corrected chi connectivity index (χ3v) is 2.48. The second-order valence-electron chi connectivity index (χ2n) is 3.38. The van der Waals surface area contributed by atoms with Crippen molar-refractivity contribution in [2.24, 2.45) is 0 Å². The van der Waals surface area contributed by atoms with Crippen molar-refractivity contribution < 1.29 is 28.8 Å². The van der Waals surface area contributed by atoms with Crippen LogP contribution in [0.3, 0.4) is 0 Å². The van der Waals surface area contributed by atoms with E-state index in [4.69, 9.17) is 24.1 Å². The molecule has 18 heavy (non-hydrogen) atoms. The summed E-state index contributed by atoms with van der Waals surface area (Å²) >= 11 is 0. The molecule has 0 spiro atoms. The Kier molecular flexibility index (Phi) is 4.79. The first-order chi connectivity index (χ1) is 8.60. The summed E-state index contributed by atoms with van der Waals surface area (Å²) in [6.07, 6.45) is -1.13. The summed E-state index contributed by atoms with van der Waals surface area (Å²) in [5.74, 6) is -0.0340. The second-order valence-corrected chi connectivity index (χ2v) is 3.38. The predicted molar refractivity (Wildman–Crippen MR) is 63.5 cm³/mol. The van der Waals surface area contributed by atoms with Gasteiger partial charge in [-0.3, -0.25) is 0 Å². The van der Waals surface area contributed by atoms with E-state index in [0.29, 0.717) is 17.1 Å². The van der Waals surface area contributed by atoms with Crippen molar-refractivity contribution in [1.29, 1.82) is 0 Å². The van der Waals surface area contributed by atoms with Crippen LogP contribution in [0.2, 0.25) is 0 Å². The zero-order valence-corrected chi connectivity index (χ0v) is 10.7. The van der Waals surface area contributed by atoms with Crippen LogP contribution in [0.1, 0.15) is 11.7 Å². The molecule has 0 radical (unpaired) electrons. The van der Waals surface area contributed by atoms with Crippen LogP contribution in [0.5, 0.6) is 17.2 Å². The molecule has 0 saturated heterocycles. The summed E-state index contributed by atoms with van der Waals surface area (Å²) in [7, 11) is 5.68. The van der Waals surface area contributed by atoms with Crippen LogP contribution < -0.4 is 14.2 Å². The van der Waals surface area contributed by atoms with Gasteiger partial charge in [-0.1, -0.05) is 0 Å². The van der Waals surface area contributed by atoms with Gasteiger partial charge in [0.1, 0.15) is 0 Å². The summed E-state index contributed by atoms with van der Waals surface area (Å²) in [5, 5.41) is 9.08. The van der Waals surface area contributed by atoms with Gasteiger partial charge in [-0.05, 0) is 12.1 Å². The van der Waals surface area contributed by atoms with Crippen molar-refractivity contribution in [1.82, 2.24) is 0 Å². The summed E-state index contributed by atoms with van der Waals surface area (Å²) in [6, 6.07) is 3.17. The highest BCUT2D eigenvalue weighted by atomic mass is 16.5. The minimum absolute atomic E-state index is 0.283. The fourth-order valence-electron chi connectivity index (χ4n) is 1.69. The van der Waals surface area contributed by atoms with Crippen molar-refractivity contribution in [3.63, 3.8) is 0 Å². The van der Waals surface area contributed by atoms with Gasteiger partial charge in [0.15, 0.2) is 17.6 Å². The van der Waals surface area contributed by atoms with E-state index in [-0.39, 0.29) is 5.75 Å². The first-order valence-electron chi connectivity index (χ1n) is 5.15. The number of hydrogen-bond donors (Lipinski definition) is 1. The largest absolute Gasteiger partial charge is 0.493 e. The van der Waals surface area contributed by atoms with Crippen LogP contribution in [0, 0.1) is 0 Å². The highest BCUT2D eigenvalue weighted by molar-refractivity contribution is 5.77. The molecule has 100 valence electrons. The fourth-order valence-corrected chi connectivity index (χ4v) is 1.69. The fraction of sp³-hybridized carbons (Fsp3) is 0.417. The molecule has 6 heteroatoms. The minimum atomic E-state index is -1.13. The van der Waals surface area contributed by atoms with Crippen LogP contribution in [0.15, 0.2) is 12.1 Å². The monoisotopic (exact) mass is 256 g/mol. The van der Waals surface area contributed by atoms with Gasteiger partial charge in [-0.15, -0.1) is 0 Å². The molecule has 0 aliphatic carbocycles. The number of carboxylic acids is 1. The van der Waals surface area contributed by atoms with Gasteiger partial charge in [0.25, 0.3) is 0 Å². The molecule has 1 aromatic rings. The molecule has 1 aromatic carbocycles. The molecular weight excluding hydrogens is 240 g/mol. The van der Waals surface area contributed by atoms with Gasteiger partial charge < -0.3 is 24.1 Å². The Labute approximate surface area is 105 Å². The summed E-state index contributed by atoms with van der Waals surface area (Å²) in [4.78, 5) is 11.1. The zero-order valence-electron chi connectivity index (χ0n) is 10.7. The van der Waals surface area contributed by atoms with Crippen LogP contribution >= 0.6 is 0 Å². The van der Waals surface area contributed by atoms with Crippen LogP contribution in [-0.4, -0.2) is 39.5 Å². The summed E-state index contributed by atoms with van der Waals surface area (Å²) in [5.41, 5.74) is 0.366. The van der Waals surface area contributed by atoms with Gasteiger partial charge in [0, 0.05) is 12.7 Å². The Morgan fingerprint density at radius 1 is 1.06 bits per heavy atom. The molecule has 0 aliphatic heterocycles. The van der Waals surface area contributed by atoms with E-state index in [2.05, 4.69) is 0 Å². The highest BCUT2D eigenvalue weighted by Crippen LogP contribution is 2.42. The Morgan fingerprint density at radius 3 is 2.06 bits per heavy atom. The summed E-state index contributed by atoms with van der Waals surface area (Å²) < 4.78 is 20.4. The maximum Gasteiger partial charge on any atom is 0.337 e. The number of benzene rings is 1. The van der Waals surface area contributed by atoms with E-state index in [0.717, 1.165) is 0 Å². The molecule has 1 rings (SSSR count). The van der Waals surface area contributed by atoms with Crippen LogP contribution in [-0.2, 0) is 9.53 Å². The first kappa shape index (κ1) is 14.1. The van der Waals surface area contributed by atoms with E-state index in [1.165, 1.54) is 28.4 Å². The highest BCUT2D eigenvalue weighted by Gasteiger charge is 2.26. The molecule has 0 aliphatic rings. The maximum absolute atomic E-state index is 11.1. The Hall–Kier alpha value is -1.95. The molecule has 0 aromatic heterocycles. The lowest BCUT2D eigenvalue weighted by Crippen LogP contribution is -2.15. The molecular formula is C12H16O6. The SMILES string of the molecule is COc1ccc([C@@H](OC)C(=O)O)c(OC)c1OC. The quantitative estimate of drug-likeness (QED) is 0.831. The normalized spacial score (nSPS) is 11.8. The summed E-state index contributed by atoms with van der Waals surface area (Å²) in [6.45, 7) is 0.